The molecule has 0 saturated heterocycles. The Morgan fingerprint density at radius 1 is 1.25 bits per heavy atom. The summed E-state index contributed by atoms with van der Waals surface area (Å²) in [7, 11) is -3.53. The molecule has 0 fully saturated rings. The molecule has 0 aliphatic rings. The van der Waals surface area contributed by atoms with E-state index in [1.54, 1.807) is 13.0 Å². The Labute approximate surface area is 99.0 Å². The maximum absolute atomic E-state index is 11.2. The summed E-state index contributed by atoms with van der Waals surface area (Å²) in [5, 5.41) is 1.12. The van der Waals surface area contributed by atoms with E-state index < -0.39 is 10.1 Å². The minimum atomic E-state index is -3.53. The Morgan fingerprint density at radius 2 is 2.00 bits per heavy atom. The number of unbranched alkanes of at least 4 members (excludes halogenated alkanes) is 4. The summed E-state index contributed by atoms with van der Waals surface area (Å²) in [5.74, 6) is 5.10. The summed E-state index contributed by atoms with van der Waals surface area (Å²) in [6, 6.07) is 0. The molecule has 0 aromatic heterocycles. The van der Waals surface area contributed by atoms with E-state index in [1.165, 1.54) is 12.8 Å². The molecule has 4 heteroatoms. The zero-order chi connectivity index (χ0) is 12.3. The molecular formula is C12H20O3S. The number of hydrogen-bond acceptors (Lipinski definition) is 3. The topological polar surface area (TPSA) is 43.4 Å². The molecule has 0 spiro atoms. The SMILES string of the molecule is CC#CCOS(=O)(=O)C=CCCCCCC. The molecular weight excluding hydrogens is 224 g/mol. The quantitative estimate of drug-likeness (QED) is 0.374. The lowest BCUT2D eigenvalue weighted by Gasteiger charge is -1.96. The van der Waals surface area contributed by atoms with Crippen LogP contribution >= 0.6 is 0 Å². The van der Waals surface area contributed by atoms with Crippen LogP contribution in [0.4, 0.5) is 0 Å². The van der Waals surface area contributed by atoms with Crippen LogP contribution in [-0.4, -0.2) is 15.0 Å². The van der Waals surface area contributed by atoms with Crippen molar-refractivity contribution in [2.45, 2.75) is 46.0 Å². The zero-order valence-electron chi connectivity index (χ0n) is 10.0. The highest BCUT2D eigenvalue weighted by atomic mass is 32.2. The van der Waals surface area contributed by atoms with E-state index in [2.05, 4.69) is 22.9 Å². The third-order valence-electron chi connectivity index (χ3n) is 1.96. The van der Waals surface area contributed by atoms with Crippen LogP contribution in [0.5, 0.6) is 0 Å². The van der Waals surface area contributed by atoms with E-state index in [9.17, 15) is 8.42 Å². The summed E-state index contributed by atoms with van der Waals surface area (Å²) in [5.41, 5.74) is 0. The molecule has 16 heavy (non-hydrogen) atoms. The Morgan fingerprint density at radius 3 is 2.62 bits per heavy atom. The highest BCUT2D eigenvalue weighted by Gasteiger charge is 2.03. The zero-order valence-corrected chi connectivity index (χ0v) is 10.8. The second-order valence-corrected chi connectivity index (χ2v) is 4.90. The van der Waals surface area contributed by atoms with E-state index in [1.807, 2.05) is 0 Å². The second kappa shape index (κ2) is 9.44. The summed E-state index contributed by atoms with van der Waals surface area (Å²) < 4.78 is 27.0. The van der Waals surface area contributed by atoms with Crippen LogP contribution in [0, 0.1) is 11.8 Å². The third kappa shape index (κ3) is 9.75. The highest BCUT2D eigenvalue weighted by molar-refractivity contribution is 7.89. The minimum absolute atomic E-state index is 0.0704. The van der Waals surface area contributed by atoms with Crippen molar-refractivity contribution < 1.29 is 12.6 Å². The van der Waals surface area contributed by atoms with Gasteiger partial charge >= 0.3 is 0 Å². The Hall–Kier alpha value is -0.790. The lowest BCUT2D eigenvalue weighted by atomic mass is 10.2. The first kappa shape index (κ1) is 15.2. The van der Waals surface area contributed by atoms with Gasteiger partial charge in [0.05, 0.1) is 5.41 Å². The van der Waals surface area contributed by atoms with Crippen molar-refractivity contribution >= 4 is 10.1 Å². The number of allylic oxidation sites excluding steroid dienone is 1. The monoisotopic (exact) mass is 244 g/mol. The average molecular weight is 244 g/mol. The highest BCUT2D eigenvalue weighted by Crippen LogP contribution is 2.04. The van der Waals surface area contributed by atoms with Gasteiger partial charge in [0.2, 0.25) is 0 Å². The van der Waals surface area contributed by atoms with Gasteiger partial charge in [-0.25, -0.2) is 0 Å². The maximum atomic E-state index is 11.2. The largest absolute Gasteiger partial charge is 0.290 e. The Kier molecular flexibility index (Phi) is 8.97. The molecule has 92 valence electrons. The van der Waals surface area contributed by atoms with Gasteiger partial charge in [0.15, 0.2) is 0 Å². The van der Waals surface area contributed by atoms with E-state index in [-0.39, 0.29) is 6.61 Å². The Bertz CT molecular complexity index is 344. The van der Waals surface area contributed by atoms with Crippen LogP contribution < -0.4 is 0 Å². The standard InChI is InChI=1S/C12H20O3S/c1-3-5-7-8-9-10-12-16(13,14)15-11-6-4-2/h10,12H,3,5,7-9,11H2,1-2H3. The van der Waals surface area contributed by atoms with Gasteiger partial charge in [-0.1, -0.05) is 38.2 Å². The molecule has 0 amide bonds. The third-order valence-corrected chi connectivity index (χ3v) is 2.93. The Balaban J connectivity index is 3.77. The van der Waals surface area contributed by atoms with Crippen LogP contribution in [0.25, 0.3) is 0 Å². The first-order valence-corrected chi connectivity index (χ1v) is 7.05. The molecule has 0 bridgehead atoms. The van der Waals surface area contributed by atoms with Crippen LogP contribution in [0.3, 0.4) is 0 Å². The molecule has 0 aromatic carbocycles. The van der Waals surface area contributed by atoms with Gasteiger partial charge in [-0.2, -0.15) is 8.42 Å². The van der Waals surface area contributed by atoms with Crippen molar-refractivity contribution in [2.75, 3.05) is 6.61 Å². The van der Waals surface area contributed by atoms with Crippen LogP contribution in [0.15, 0.2) is 11.5 Å². The lowest BCUT2D eigenvalue weighted by Crippen LogP contribution is -2.01. The summed E-state index contributed by atoms with van der Waals surface area (Å²) in [6.45, 7) is 3.71. The van der Waals surface area contributed by atoms with Gasteiger partial charge in [-0.3, -0.25) is 4.18 Å². The fourth-order valence-corrected chi connectivity index (χ4v) is 1.77. The molecule has 0 aromatic rings. The predicted molar refractivity (Wildman–Crippen MR) is 66.2 cm³/mol. The second-order valence-electron chi connectivity index (χ2n) is 3.40. The van der Waals surface area contributed by atoms with Crippen molar-refractivity contribution in [3.8, 4) is 11.8 Å². The fraction of sp³-hybridized carbons (Fsp3) is 0.667. The van der Waals surface area contributed by atoms with Gasteiger partial charge in [-0.05, 0) is 19.8 Å². The minimum Gasteiger partial charge on any atom is -0.254 e. The number of hydrogen-bond donors (Lipinski definition) is 0. The van der Waals surface area contributed by atoms with Gasteiger partial charge < -0.3 is 0 Å². The van der Waals surface area contributed by atoms with E-state index in [4.69, 9.17) is 0 Å². The molecule has 0 radical (unpaired) electrons. The molecule has 0 saturated carbocycles. The molecule has 0 heterocycles. The summed E-state index contributed by atoms with van der Waals surface area (Å²) >= 11 is 0. The van der Waals surface area contributed by atoms with Crippen LogP contribution in [0.1, 0.15) is 46.0 Å². The van der Waals surface area contributed by atoms with Gasteiger partial charge in [0, 0.05) is 0 Å². The van der Waals surface area contributed by atoms with Crippen molar-refractivity contribution in [1.29, 1.82) is 0 Å². The smallest absolute Gasteiger partial charge is 0.254 e. The molecule has 0 atom stereocenters. The molecule has 0 aliphatic heterocycles. The van der Waals surface area contributed by atoms with E-state index in [0.717, 1.165) is 24.7 Å². The molecule has 0 N–H and O–H groups in total. The predicted octanol–water partition coefficient (Wildman–Crippen LogP) is 2.84. The fourth-order valence-electron chi connectivity index (χ4n) is 1.10. The van der Waals surface area contributed by atoms with E-state index in [0.29, 0.717) is 0 Å². The van der Waals surface area contributed by atoms with Crippen molar-refractivity contribution in [3.63, 3.8) is 0 Å². The maximum Gasteiger partial charge on any atom is 0.290 e. The molecule has 0 rings (SSSR count). The first-order valence-electron chi connectivity index (χ1n) is 5.58. The lowest BCUT2D eigenvalue weighted by molar-refractivity contribution is 0.370. The van der Waals surface area contributed by atoms with Gasteiger partial charge in [0.25, 0.3) is 10.1 Å². The van der Waals surface area contributed by atoms with Crippen molar-refractivity contribution in [1.82, 2.24) is 0 Å². The van der Waals surface area contributed by atoms with Crippen molar-refractivity contribution in [3.05, 3.63) is 11.5 Å². The van der Waals surface area contributed by atoms with Gasteiger partial charge in [0.1, 0.15) is 6.61 Å². The van der Waals surface area contributed by atoms with Crippen LogP contribution in [-0.2, 0) is 14.3 Å². The average Bonchev–Trinajstić information content (AvgIpc) is 2.23. The normalized spacial score (nSPS) is 11.4. The molecule has 0 unspecified atom stereocenters. The first-order chi connectivity index (χ1) is 7.62. The summed E-state index contributed by atoms with van der Waals surface area (Å²) in [6.07, 6.45) is 6.97. The van der Waals surface area contributed by atoms with Gasteiger partial charge in [-0.15, -0.1) is 5.92 Å². The van der Waals surface area contributed by atoms with Crippen molar-refractivity contribution in [2.24, 2.45) is 0 Å². The van der Waals surface area contributed by atoms with Crippen LogP contribution in [0.2, 0.25) is 0 Å². The molecule has 0 aliphatic carbocycles. The molecule has 3 nitrogen and oxygen atoms in total. The van der Waals surface area contributed by atoms with E-state index >= 15 is 0 Å². The number of rotatable bonds is 8. The summed E-state index contributed by atoms with van der Waals surface area (Å²) in [4.78, 5) is 0.